The summed E-state index contributed by atoms with van der Waals surface area (Å²) in [7, 11) is -3.73. The summed E-state index contributed by atoms with van der Waals surface area (Å²) in [6, 6.07) is 18.4. The van der Waals surface area contributed by atoms with Crippen molar-refractivity contribution in [2.24, 2.45) is 0 Å². The highest BCUT2D eigenvalue weighted by molar-refractivity contribution is 7.89. The Hall–Kier alpha value is -3.27. The molecule has 2 N–H and O–H groups in total. The first-order chi connectivity index (χ1) is 14.3. The molecule has 3 aromatic carbocycles. The predicted molar refractivity (Wildman–Crippen MR) is 113 cm³/mol. The molecule has 10 heteroatoms. The fraction of sp³-hybridized carbons (Fsp3) is 0.0500. The van der Waals surface area contributed by atoms with Crippen LogP contribution in [0.5, 0.6) is 0 Å². The monoisotopic (exact) mass is 445 g/mol. The molecular formula is C20H16ClN3O5S. The van der Waals surface area contributed by atoms with Crippen molar-refractivity contribution in [2.75, 3.05) is 5.32 Å². The SMILES string of the molecule is O=C(Nc1ccc(S(=O)(=O)NCc2ccccc2)cc1)c1ccc(Cl)c([N+](=O)[O-])c1. The highest BCUT2D eigenvalue weighted by Crippen LogP contribution is 2.25. The van der Waals surface area contributed by atoms with E-state index in [0.29, 0.717) is 5.69 Å². The highest BCUT2D eigenvalue weighted by atomic mass is 35.5. The third kappa shape index (κ3) is 5.20. The minimum absolute atomic E-state index is 0.0403. The summed E-state index contributed by atoms with van der Waals surface area (Å²) in [6.45, 7) is 0.150. The van der Waals surface area contributed by atoms with Gasteiger partial charge in [-0.2, -0.15) is 0 Å². The molecule has 0 aliphatic rings. The van der Waals surface area contributed by atoms with E-state index in [1.807, 2.05) is 30.3 Å². The Kier molecular flexibility index (Phi) is 6.46. The first-order valence-electron chi connectivity index (χ1n) is 8.65. The number of carbonyl (C=O) groups excluding carboxylic acids is 1. The van der Waals surface area contributed by atoms with E-state index in [1.165, 1.54) is 36.4 Å². The van der Waals surface area contributed by atoms with Crippen LogP contribution in [0.25, 0.3) is 0 Å². The molecule has 154 valence electrons. The van der Waals surface area contributed by atoms with Crippen molar-refractivity contribution in [3.63, 3.8) is 0 Å². The van der Waals surface area contributed by atoms with E-state index in [1.54, 1.807) is 0 Å². The quantitative estimate of drug-likeness (QED) is 0.421. The second-order valence-corrected chi connectivity index (χ2v) is 8.39. The fourth-order valence-corrected chi connectivity index (χ4v) is 3.78. The van der Waals surface area contributed by atoms with Crippen LogP contribution in [0, 0.1) is 10.1 Å². The summed E-state index contributed by atoms with van der Waals surface area (Å²) < 4.78 is 27.3. The largest absolute Gasteiger partial charge is 0.322 e. The van der Waals surface area contributed by atoms with Crippen LogP contribution in [0.2, 0.25) is 5.02 Å². The second-order valence-electron chi connectivity index (χ2n) is 6.21. The van der Waals surface area contributed by atoms with E-state index in [-0.39, 0.29) is 27.7 Å². The van der Waals surface area contributed by atoms with Gasteiger partial charge in [0.2, 0.25) is 10.0 Å². The Morgan fingerprint density at radius 1 is 1.00 bits per heavy atom. The van der Waals surface area contributed by atoms with Gasteiger partial charge in [0.1, 0.15) is 5.02 Å². The average Bonchev–Trinajstić information content (AvgIpc) is 2.73. The van der Waals surface area contributed by atoms with E-state index >= 15 is 0 Å². The predicted octanol–water partition coefficient (Wildman–Crippen LogP) is 3.98. The topological polar surface area (TPSA) is 118 Å². The van der Waals surface area contributed by atoms with Gasteiger partial charge in [0.25, 0.3) is 11.6 Å². The standard InChI is InChI=1S/C20H16ClN3O5S/c21-18-11-6-15(12-19(18)24(26)27)20(25)23-16-7-9-17(10-8-16)30(28,29)22-13-14-4-2-1-3-5-14/h1-12,22H,13H2,(H,23,25). The first kappa shape index (κ1) is 21.4. The van der Waals surface area contributed by atoms with Crippen LogP contribution in [-0.4, -0.2) is 19.2 Å². The number of hydrogen-bond donors (Lipinski definition) is 2. The van der Waals surface area contributed by atoms with Gasteiger partial charge in [0.15, 0.2) is 0 Å². The molecule has 0 aliphatic heterocycles. The smallest absolute Gasteiger partial charge is 0.288 e. The molecule has 0 bridgehead atoms. The van der Waals surface area contributed by atoms with Crippen LogP contribution in [0.3, 0.4) is 0 Å². The van der Waals surface area contributed by atoms with E-state index in [4.69, 9.17) is 11.6 Å². The maximum absolute atomic E-state index is 12.4. The molecule has 0 aliphatic carbocycles. The molecule has 0 radical (unpaired) electrons. The lowest BCUT2D eigenvalue weighted by molar-refractivity contribution is -0.384. The maximum Gasteiger partial charge on any atom is 0.288 e. The van der Waals surface area contributed by atoms with Gasteiger partial charge >= 0.3 is 0 Å². The molecule has 0 heterocycles. The van der Waals surface area contributed by atoms with Gasteiger partial charge in [0.05, 0.1) is 9.82 Å². The van der Waals surface area contributed by atoms with Crippen LogP contribution in [-0.2, 0) is 16.6 Å². The molecule has 0 aromatic heterocycles. The second kappa shape index (κ2) is 9.04. The number of nitrogens with one attached hydrogen (secondary N) is 2. The van der Waals surface area contributed by atoms with Gasteiger partial charge in [-0.1, -0.05) is 41.9 Å². The number of nitrogens with zero attached hydrogens (tertiary/aromatic N) is 1. The van der Waals surface area contributed by atoms with Crippen molar-refractivity contribution >= 4 is 38.9 Å². The van der Waals surface area contributed by atoms with Gasteiger partial charge < -0.3 is 5.32 Å². The molecule has 3 aromatic rings. The number of hydrogen-bond acceptors (Lipinski definition) is 5. The molecule has 3 rings (SSSR count). The lowest BCUT2D eigenvalue weighted by atomic mass is 10.2. The number of nitro groups is 1. The van der Waals surface area contributed by atoms with Crippen molar-refractivity contribution in [3.8, 4) is 0 Å². The molecular weight excluding hydrogens is 430 g/mol. The summed E-state index contributed by atoms with van der Waals surface area (Å²) in [6.07, 6.45) is 0. The Balaban J connectivity index is 1.69. The minimum Gasteiger partial charge on any atom is -0.322 e. The van der Waals surface area contributed by atoms with Crippen LogP contribution in [0.15, 0.2) is 77.7 Å². The van der Waals surface area contributed by atoms with Crippen molar-refractivity contribution in [2.45, 2.75) is 11.4 Å². The zero-order valence-electron chi connectivity index (χ0n) is 15.4. The Morgan fingerprint density at radius 2 is 1.67 bits per heavy atom. The van der Waals surface area contributed by atoms with Crippen molar-refractivity contribution in [3.05, 3.63) is 99.1 Å². The first-order valence-corrected chi connectivity index (χ1v) is 10.5. The van der Waals surface area contributed by atoms with E-state index in [9.17, 15) is 23.3 Å². The number of halogens is 1. The van der Waals surface area contributed by atoms with E-state index < -0.39 is 20.9 Å². The van der Waals surface area contributed by atoms with Gasteiger partial charge in [-0.05, 0) is 42.0 Å². The number of amides is 1. The highest BCUT2D eigenvalue weighted by Gasteiger charge is 2.17. The number of carbonyl (C=O) groups is 1. The lowest BCUT2D eigenvalue weighted by Gasteiger charge is -2.09. The summed E-state index contributed by atoms with van der Waals surface area (Å²) >= 11 is 5.74. The molecule has 0 atom stereocenters. The van der Waals surface area contributed by atoms with Crippen molar-refractivity contribution < 1.29 is 18.1 Å². The van der Waals surface area contributed by atoms with Crippen molar-refractivity contribution in [1.29, 1.82) is 0 Å². The zero-order valence-corrected chi connectivity index (χ0v) is 17.0. The van der Waals surface area contributed by atoms with Crippen LogP contribution in [0.1, 0.15) is 15.9 Å². The molecule has 0 saturated heterocycles. The van der Waals surface area contributed by atoms with E-state index in [2.05, 4.69) is 10.0 Å². The van der Waals surface area contributed by atoms with Crippen LogP contribution < -0.4 is 10.0 Å². The number of anilines is 1. The average molecular weight is 446 g/mol. The molecule has 0 saturated carbocycles. The number of nitro benzene ring substituents is 1. The maximum atomic E-state index is 12.4. The normalized spacial score (nSPS) is 11.1. The summed E-state index contributed by atoms with van der Waals surface area (Å²) in [5.74, 6) is -0.590. The molecule has 1 amide bonds. The lowest BCUT2D eigenvalue weighted by Crippen LogP contribution is -2.23. The summed E-state index contributed by atoms with van der Waals surface area (Å²) in [5.41, 5.74) is 0.823. The molecule has 30 heavy (non-hydrogen) atoms. The Bertz CT molecular complexity index is 1180. The third-order valence-corrected chi connectivity index (χ3v) is 5.87. The number of benzene rings is 3. The summed E-state index contributed by atoms with van der Waals surface area (Å²) in [4.78, 5) is 22.7. The molecule has 0 spiro atoms. The minimum atomic E-state index is -3.73. The van der Waals surface area contributed by atoms with Gasteiger partial charge in [-0.25, -0.2) is 13.1 Å². The Morgan fingerprint density at radius 3 is 2.30 bits per heavy atom. The molecule has 8 nitrogen and oxygen atoms in total. The van der Waals surface area contributed by atoms with E-state index in [0.717, 1.165) is 11.6 Å². The zero-order chi connectivity index (χ0) is 21.7. The van der Waals surface area contributed by atoms with Gasteiger partial charge in [-0.3, -0.25) is 14.9 Å². The Labute approximate surface area is 177 Å². The number of sulfonamides is 1. The number of rotatable bonds is 7. The molecule has 0 unspecified atom stereocenters. The summed E-state index contributed by atoms with van der Waals surface area (Å²) in [5, 5.41) is 13.4. The van der Waals surface area contributed by atoms with Gasteiger partial charge in [0, 0.05) is 23.9 Å². The third-order valence-electron chi connectivity index (χ3n) is 4.14. The van der Waals surface area contributed by atoms with Crippen LogP contribution >= 0.6 is 11.6 Å². The van der Waals surface area contributed by atoms with Crippen LogP contribution in [0.4, 0.5) is 11.4 Å². The fourth-order valence-electron chi connectivity index (χ4n) is 2.57. The molecule has 0 fully saturated rings. The van der Waals surface area contributed by atoms with Gasteiger partial charge in [-0.15, -0.1) is 0 Å². The van der Waals surface area contributed by atoms with Crippen molar-refractivity contribution in [1.82, 2.24) is 4.72 Å².